The van der Waals surface area contributed by atoms with Gasteiger partial charge in [0.25, 0.3) is 0 Å². The zero-order valence-electron chi connectivity index (χ0n) is 10.5. The number of carbonyl (C=O) groups is 2. The van der Waals surface area contributed by atoms with E-state index in [9.17, 15) is 19.7 Å². The fourth-order valence-corrected chi connectivity index (χ4v) is 2.64. The fourth-order valence-electron chi connectivity index (χ4n) is 2.64. The second-order valence-electron chi connectivity index (χ2n) is 4.80. The van der Waals surface area contributed by atoms with Crippen molar-refractivity contribution in [3.8, 4) is 0 Å². The van der Waals surface area contributed by atoms with Crippen LogP contribution in [0.4, 0.5) is 0 Å². The SMILES string of the molecule is O=C1CCCC(=O)C1[C@H](C[N+](=O)[O-])c1ccccc1. The Hall–Kier alpha value is -2.04. The van der Waals surface area contributed by atoms with Crippen molar-refractivity contribution in [3.63, 3.8) is 0 Å². The molecule has 19 heavy (non-hydrogen) atoms. The largest absolute Gasteiger partial charge is 0.299 e. The van der Waals surface area contributed by atoms with Crippen molar-refractivity contribution < 1.29 is 14.5 Å². The molecular weight excluding hydrogens is 246 g/mol. The van der Waals surface area contributed by atoms with Gasteiger partial charge in [-0.25, -0.2) is 0 Å². The molecule has 1 aliphatic carbocycles. The molecule has 2 rings (SSSR count). The second-order valence-corrected chi connectivity index (χ2v) is 4.80. The Morgan fingerprint density at radius 3 is 2.26 bits per heavy atom. The van der Waals surface area contributed by atoms with Crippen molar-refractivity contribution in [3.05, 3.63) is 46.0 Å². The maximum absolute atomic E-state index is 12.0. The first-order chi connectivity index (χ1) is 9.09. The van der Waals surface area contributed by atoms with Gasteiger partial charge in [-0.15, -0.1) is 0 Å². The zero-order chi connectivity index (χ0) is 13.8. The lowest BCUT2D eigenvalue weighted by molar-refractivity contribution is -0.484. The van der Waals surface area contributed by atoms with E-state index in [0.717, 1.165) is 0 Å². The quantitative estimate of drug-likeness (QED) is 0.471. The molecule has 0 radical (unpaired) electrons. The molecule has 1 aliphatic rings. The Morgan fingerprint density at radius 1 is 1.16 bits per heavy atom. The number of nitro groups is 1. The minimum absolute atomic E-state index is 0.160. The monoisotopic (exact) mass is 261 g/mol. The summed E-state index contributed by atoms with van der Waals surface area (Å²) in [6, 6.07) is 8.81. The van der Waals surface area contributed by atoms with E-state index < -0.39 is 16.8 Å². The van der Waals surface area contributed by atoms with E-state index in [4.69, 9.17) is 0 Å². The Labute approximate surface area is 110 Å². The molecule has 1 aromatic rings. The molecular formula is C14H15NO4. The second kappa shape index (κ2) is 5.73. The van der Waals surface area contributed by atoms with Crippen LogP contribution in [0.25, 0.3) is 0 Å². The number of benzene rings is 1. The van der Waals surface area contributed by atoms with Gasteiger partial charge in [-0.2, -0.15) is 0 Å². The van der Waals surface area contributed by atoms with Crippen molar-refractivity contribution in [2.24, 2.45) is 5.92 Å². The molecule has 0 spiro atoms. The van der Waals surface area contributed by atoms with E-state index in [1.807, 2.05) is 0 Å². The van der Waals surface area contributed by atoms with Crippen LogP contribution >= 0.6 is 0 Å². The molecule has 0 heterocycles. The molecule has 0 saturated heterocycles. The number of nitrogens with zero attached hydrogens (tertiary/aromatic N) is 1. The fraction of sp³-hybridized carbons (Fsp3) is 0.429. The van der Waals surface area contributed by atoms with E-state index in [2.05, 4.69) is 0 Å². The molecule has 1 atom stereocenters. The third-order valence-corrected chi connectivity index (χ3v) is 3.52. The molecule has 0 amide bonds. The Kier molecular flexibility index (Phi) is 4.04. The predicted molar refractivity (Wildman–Crippen MR) is 68.4 cm³/mol. The highest BCUT2D eigenvalue weighted by molar-refractivity contribution is 6.05. The molecule has 0 N–H and O–H groups in total. The lowest BCUT2D eigenvalue weighted by atomic mass is 9.75. The molecule has 1 saturated carbocycles. The van der Waals surface area contributed by atoms with Crippen LogP contribution < -0.4 is 0 Å². The molecule has 0 aliphatic heterocycles. The van der Waals surface area contributed by atoms with Crippen molar-refractivity contribution in [2.75, 3.05) is 6.54 Å². The lowest BCUT2D eigenvalue weighted by Gasteiger charge is -2.25. The van der Waals surface area contributed by atoms with Gasteiger partial charge in [0.05, 0.1) is 11.8 Å². The summed E-state index contributed by atoms with van der Waals surface area (Å²) in [4.78, 5) is 34.3. The first-order valence-corrected chi connectivity index (χ1v) is 6.32. The molecule has 1 fully saturated rings. The molecule has 100 valence electrons. The Morgan fingerprint density at radius 2 is 1.74 bits per heavy atom. The number of Topliss-reactive ketones (excluding diaryl/α,β-unsaturated/α-hetero) is 2. The summed E-state index contributed by atoms with van der Waals surface area (Å²) in [6.07, 6.45) is 1.25. The maximum Gasteiger partial charge on any atom is 0.211 e. The van der Waals surface area contributed by atoms with E-state index in [1.165, 1.54) is 0 Å². The van der Waals surface area contributed by atoms with Gasteiger partial charge >= 0.3 is 0 Å². The van der Waals surface area contributed by atoms with Crippen LogP contribution in [0.5, 0.6) is 0 Å². The number of hydrogen-bond donors (Lipinski definition) is 0. The van der Waals surface area contributed by atoms with E-state index in [0.29, 0.717) is 24.8 Å². The molecule has 0 aromatic heterocycles. The smallest absolute Gasteiger partial charge is 0.211 e. The Bertz CT molecular complexity index is 481. The molecule has 1 aromatic carbocycles. The first-order valence-electron chi connectivity index (χ1n) is 6.32. The minimum atomic E-state index is -0.846. The third kappa shape index (κ3) is 3.05. The van der Waals surface area contributed by atoms with Crippen LogP contribution in [0.1, 0.15) is 30.7 Å². The van der Waals surface area contributed by atoms with Gasteiger partial charge in [0.15, 0.2) is 0 Å². The topological polar surface area (TPSA) is 77.3 Å². The Balaban J connectivity index is 2.34. The van der Waals surface area contributed by atoms with Crippen LogP contribution in [0.2, 0.25) is 0 Å². The molecule has 5 heteroatoms. The van der Waals surface area contributed by atoms with Gasteiger partial charge in [0.1, 0.15) is 11.6 Å². The van der Waals surface area contributed by atoms with E-state index in [-0.39, 0.29) is 18.1 Å². The van der Waals surface area contributed by atoms with Crippen molar-refractivity contribution in [1.82, 2.24) is 0 Å². The highest BCUT2D eigenvalue weighted by atomic mass is 16.6. The van der Waals surface area contributed by atoms with E-state index >= 15 is 0 Å². The van der Waals surface area contributed by atoms with Gasteiger partial charge in [-0.05, 0) is 12.0 Å². The normalized spacial score (nSPS) is 18.3. The summed E-state index contributed by atoms with van der Waals surface area (Å²) < 4.78 is 0. The highest BCUT2D eigenvalue weighted by Crippen LogP contribution is 2.32. The summed E-state index contributed by atoms with van der Waals surface area (Å²) in [5.41, 5.74) is 0.688. The third-order valence-electron chi connectivity index (χ3n) is 3.52. The van der Waals surface area contributed by atoms with Crippen molar-refractivity contribution >= 4 is 11.6 Å². The van der Waals surface area contributed by atoms with Gasteiger partial charge in [-0.3, -0.25) is 19.7 Å². The van der Waals surface area contributed by atoms with Crippen LogP contribution in [-0.4, -0.2) is 23.0 Å². The average molecular weight is 261 g/mol. The van der Waals surface area contributed by atoms with Gasteiger partial charge < -0.3 is 0 Å². The molecule has 0 bridgehead atoms. The van der Waals surface area contributed by atoms with Gasteiger partial charge in [-0.1, -0.05) is 30.3 Å². The first kappa shape index (κ1) is 13.4. The standard InChI is InChI=1S/C14H15NO4/c16-12-7-4-8-13(17)14(12)11(9-15(18)19)10-5-2-1-3-6-10/h1-3,5-6,11,14H,4,7-9H2/t11-/m1/s1. The summed E-state index contributed by atoms with van der Waals surface area (Å²) in [6.45, 7) is -0.383. The van der Waals surface area contributed by atoms with Gasteiger partial charge in [0, 0.05) is 17.8 Å². The van der Waals surface area contributed by atoms with Crippen molar-refractivity contribution in [2.45, 2.75) is 25.2 Å². The highest BCUT2D eigenvalue weighted by Gasteiger charge is 2.39. The minimum Gasteiger partial charge on any atom is -0.299 e. The van der Waals surface area contributed by atoms with E-state index in [1.54, 1.807) is 30.3 Å². The average Bonchev–Trinajstić information content (AvgIpc) is 2.38. The van der Waals surface area contributed by atoms with Gasteiger partial charge in [0.2, 0.25) is 6.54 Å². The maximum atomic E-state index is 12.0. The van der Waals surface area contributed by atoms with Crippen LogP contribution in [0.3, 0.4) is 0 Å². The molecule has 5 nitrogen and oxygen atoms in total. The summed E-state index contributed by atoms with van der Waals surface area (Å²) >= 11 is 0. The van der Waals surface area contributed by atoms with Crippen molar-refractivity contribution in [1.29, 1.82) is 0 Å². The van der Waals surface area contributed by atoms with Crippen LogP contribution in [0, 0.1) is 16.0 Å². The van der Waals surface area contributed by atoms with Crippen LogP contribution in [0.15, 0.2) is 30.3 Å². The van der Waals surface area contributed by atoms with Crippen LogP contribution in [-0.2, 0) is 9.59 Å². The summed E-state index contributed by atoms with van der Waals surface area (Å²) in [5, 5.41) is 10.8. The lowest BCUT2D eigenvalue weighted by Crippen LogP contribution is -2.36. The summed E-state index contributed by atoms with van der Waals surface area (Å²) in [5.74, 6) is -1.81. The number of carbonyl (C=O) groups excluding carboxylic acids is 2. The number of hydrogen-bond acceptors (Lipinski definition) is 4. The number of ketones is 2. The molecule has 0 unspecified atom stereocenters. The zero-order valence-corrected chi connectivity index (χ0v) is 10.5. The summed E-state index contributed by atoms with van der Waals surface area (Å²) in [7, 11) is 0. The predicted octanol–water partition coefficient (Wildman–Crippen LogP) is 1.99. The number of rotatable bonds is 4.